The number of thiophene rings is 1. The van der Waals surface area contributed by atoms with Gasteiger partial charge in [-0.05, 0) is 70.5 Å². The molecule has 7 aromatic rings. The van der Waals surface area contributed by atoms with Crippen LogP contribution in [-0.4, -0.2) is 9.97 Å². The molecule has 0 radical (unpaired) electrons. The highest BCUT2D eigenvalue weighted by atomic mass is 32.1. The molecule has 0 bridgehead atoms. The molecular formula is C35H32N2O4S. The Labute approximate surface area is 247 Å². The van der Waals surface area contributed by atoms with E-state index in [0.29, 0.717) is 17.4 Å². The predicted octanol–water partition coefficient (Wildman–Crippen LogP) is 9.75. The van der Waals surface area contributed by atoms with Crippen molar-refractivity contribution >= 4 is 44.5 Å². The van der Waals surface area contributed by atoms with Crippen molar-refractivity contribution in [3.8, 4) is 21.5 Å². The van der Waals surface area contributed by atoms with Gasteiger partial charge >= 0.3 is 5.63 Å². The Bertz CT molecular complexity index is 1990. The Hall–Kier alpha value is -4.49. The highest BCUT2D eigenvalue weighted by Crippen LogP contribution is 2.37. The van der Waals surface area contributed by atoms with Crippen LogP contribution in [0.25, 0.3) is 54.7 Å². The first-order valence-corrected chi connectivity index (χ1v) is 14.7. The molecule has 0 spiro atoms. The number of benzene rings is 3. The van der Waals surface area contributed by atoms with Crippen LogP contribution in [0, 0.1) is 0 Å². The van der Waals surface area contributed by atoms with E-state index in [4.69, 9.17) is 23.2 Å². The highest BCUT2D eigenvalue weighted by molar-refractivity contribution is 7.18. The number of para-hydroxylation sites is 1. The number of nitrogens with zero attached hydrogens (tertiary/aromatic N) is 2. The second-order valence-electron chi connectivity index (χ2n) is 12.4. The number of hydrogen-bond acceptors (Lipinski definition) is 7. The van der Waals surface area contributed by atoms with Crippen molar-refractivity contribution in [3.05, 3.63) is 106 Å². The summed E-state index contributed by atoms with van der Waals surface area (Å²) in [5, 5.41) is 0.951. The van der Waals surface area contributed by atoms with E-state index in [-0.39, 0.29) is 16.5 Å². The summed E-state index contributed by atoms with van der Waals surface area (Å²) >= 11 is 1.58. The quantitative estimate of drug-likeness (QED) is 0.191. The summed E-state index contributed by atoms with van der Waals surface area (Å²) in [4.78, 5) is 22.1. The molecular weight excluding hydrogens is 544 g/mol. The van der Waals surface area contributed by atoms with Crippen molar-refractivity contribution in [2.75, 3.05) is 0 Å². The minimum Gasteiger partial charge on any atom is -0.435 e. The molecule has 0 saturated carbocycles. The number of hydrogen-bond donors (Lipinski definition) is 0. The summed E-state index contributed by atoms with van der Waals surface area (Å²) in [6.45, 7) is 13.2. The van der Waals surface area contributed by atoms with Crippen LogP contribution in [0.5, 0.6) is 0 Å². The van der Waals surface area contributed by atoms with Gasteiger partial charge in [0.25, 0.3) is 0 Å². The SMILES string of the molecule is CC(C)(C)c1ccc2oc(-c3ccc(-c4nc5cc(C(C)(C)C)ccc5o4)s3)nc2c1.O=c1ccc2ccccc2o1. The van der Waals surface area contributed by atoms with Gasteiger partial charge in [0.2, 0.25) is 11.8 Å². The van der Waals surface area contributed by atoms with Crippen LogP contribution in [0.3, 0.4) is 0 Å². The molecule has 42 heavy (non-hydrogen) atoms. The zero-order valence-corrected chi connectivity index (χ0v) is 25.3. The van der Waals surface area contributed by atoms with Gasteiger partial charge in [0.15, 0.2) is 11.2 Å². The minimum atomic E-state index is -0.302. The topological polar surface area (TPSA) is 82.3 Å². The first-order valence-electron chi connectivity index (χ1n) is 13.9. The van der Waals surface area contributed by atoms with Gasteiger partial charge in [-0.15, -0.1) is 11.3 Å². The normalized spacial score (nSPS) is 12.1. The lowest BCUT2D eigenvalue weighted by Crippen LogP contribution is -2.10. The molecule has 0 atom stereocenters. The van der Waals surface area contributed by atoms with E-state index in [2.05, 4.69) is 65.8 Å². The summed E-state index contributed by atoms with van der Waals surface area (Å²) in [5.74, 6) is 1.26. The first kappa shape index (κ1) is 27.7. The third-order valence-corrected chi connectivity index (χ3v) is 8.12. The van der Waals surface area contributed by atoms with E-state index in [9.17, 15) is 4.79 Å². The van der Waals surface area contributed by atoms with Gasteiger partial charge in [-0.1, -0.05) is 71.9 Å². The predicted molar refractivity (Wildman–Crippen MR) is 170 cm³/mol. The number of oxazole rings is 2. The number of fused-ring (bicyclic) bond motifs is 3. The van der Waals surface area contributed by atoms with Crippen LogP contribution in [0.15, 0.2) is 103 Å². The van der Waals surface area contributed by atoms with Gasteiger partial charge < -0.3 is 13.3 Å². The van der Waals surface area contributed by atoms with Crippen LogP contribution in [0.1, 0.15) is 52.7 Å². The molecule has 0 aliphatic rings. The molecule has 0 amide bonds. The monoisotopic (exact) mass is 576 g/mol. The smallest absolute Gasteiger partial charge is 0.336 e. The molecule has 3 aromatic carbocycles. The molecule has 0 saturated heterocycles. The van der Waals surface area contributed by atoms with Gasteiger partial charge in [0.1, 0.15) is 16.6 Å². The van der Waals surface area contributed by atoms with Gasteiger partial charge in [0, 0.05) is 11.5 Å². The van der Waals surface area contributed by atoms with Gasteiger partial charge in [-0.25, -0.2) is 14.8 Å². The van der Waals surface area contributed by atoms with E-state index < -0.39 is 0 Å². The fourth-order valence-electron chi connectivity index (χ4n) is 4.58. The fraction of sp³-hybridized carbons (Fsp3) is 0.229. The summed E-state index contributed by atoms with van der Waals surface area (Å²) in [7, 11) is 0. The maximum Gasteiger partial charge on any atom is 0.336 e. The van der Waals surface area contributed by atoms with Crippen LogP contribution in [-0.2, 0) is 10.8 Å². The summed E-state index contributed by atoms with van der Waals surface area (Å²) in [6, 6.07) is 27.1. The van der Waals surface area contributed by atoms with E-state index >= 15 is 0 Å². The van der Waals surface area contributed by atoms with Crippen LogP contribution >= 0.6 is 11.3 Å². The lowest BCUT2D eigenvalue weighted by Gasteiger charge is -2.18. The minimum absolute atomic E-state index is 0.0726. The number of aromatic nitrogens is 2. The molecule has 0 N–H and O–H groups in total. The van der Waals surface area contributed by atoms with Crippen LogP contribution < -0.4 is 5.63 Å². The molecule has 6 nitrogen and oxygen atoms in total. The van der Waals surface area contributed by atoms with Gasteiger partial charge in [0.05, 0.1) is 9.75 Å². The molecule has 7 heteroatoms. The Kier molecular flexibility index (Phi) is 6.86. The second-order valence-corrected chi connectivity index (χ2v) is 13.4. The standard InChI is InChI=1S/C26H26N2O2S.C9H6O2/c1-25(2,3)15-7-9-19-17(13-15)27-23(29-19)21-11-12-22(31-21)24-28-18-14-16(26(4,5)6)8-10-20(18)30-24;10-9-6-5-7-3-1-2-4-8(7)11-9/h7-14H,1-6H3;1-6H. The molecule has 0 aliphatic carbocycles. The average molecular weight is 577 g/mol. The first-order chi connectivity index (χ1) is 19.9. The average Bonchev–Trinajstić information content (AvgIpc) is 3.69. The molecule has 0 fully saturated rings. The number of rotatable bonds is 2. The Morgan fingerprint density at radius 3 is 1.62 bits per heavy atom. The zero-order chi connectivity index (χ0) is 29.6. The molecule has 4 heterocycles. The third-order valence-electron chi connectivity index (χ3n) is 7.06. The van der Waals surface area contributed by atoms with E-state index in [1.165, 1.54) is 17.2 Å². The van der Waals surface area contributed by atoms with E-state index in [0.717, 1.165) is 37.3 Å². The highest BCUT2D eigenvalue weighted by Gasteiger charge is 2.19. The van der Waals surface area contributed by atoms with Crippen molar-refractivity contribution < 1.29 is 13.3 Å². The fourth-order valence-corrected chi connectivity index (χ4v) is 5.44. The molecule has 0 unspecified atom stereocenters. The zero-order valence-electron chi connectivity index (χ0n) is 24.5. The Balaban J connectivity index is 0.000000240. The largest absolute Gasteiger partial charge is 0.435 e. The van der Waals surface area contributed by atoms with Crippen molar-refractivity contribution in [1.82, 2.24) is 9.97 Å². The van der Waals surface area contributed by atoms with Crippen LogP contribution in [0.2, 0.25) is 0 Å². The maximum atomic E-state index is 10.7. The van der Waals surface area contributed by atoms with Gasteiger partial charge in [-0.3, -0.25) is 0 Å². The van der Waals surface area contributed by atoms with Crippen molar-refractivity contribution in [2.24, 2.45) is 0 Å². The maximum absolute atomic E-state index is 10.7. The third kappa shape index (κ3) is 5.65. The van der Waals surface area contributed by atoms with E-state index in [1.807, 2.05) is 42.5 Å². The lowest BCUT2D eigenvalue weighted by atomic mass is 9.87. The summed E-state index contributed by atoms with van der Waals surface area (Å²) in [5.41, 5.74) is 6.34. The molecule has 4 aromatic heterocycles. The summed E-state index contributed by atoms with van der Waals surface area (Å²) < 4.78 is 17.0. The Morgan fingerprint density at radius 1 is 0.571 bits per heavy atom. The van der Waals surface area contributed by atoms with Gasteiger partial charge in [-0.2, -0.15) is 0 Å². The molecule has 212 valence electrons. The van der Waals surface area contributed by atoms with Crippen molar-refractivity contribution in [1.29, 1.82) is 0 Å². The van der Waals surface area contributed by atoms with E-state index in [1.54, 1.807) is 23.5 Å². The molecule has 7 rings (SSSR count). The second kappa shape index (κ2) is 10.4. The summed E-state index contributed by atoms with van der Waals surface area (Å²) in [6.07, 6.45) is 0. The lowest BCUT2D eigenvalue weighted by molar-refractivity contribution is 0.561. The van der Waals surface area contributed by atoms with Crippen LogP contribution in [0.4, 0.5) is 0 Å². The molecule has 0 aliphatic heterocycles. The van der Waals surface area contributed by atoms with Crippen molar-refractivity contribution in [3.63, 3.8) is 0 Å². The van der Waals surface area contributed by atoms with Crippen molar-refractivity contribution in [2.45, 2.75) is 52.4 Å². The Morgan fingerprint density at radius 2 is 1.10 bits per heavy atom.